The molecule has 1 aliphatic heterocycles. The third-order valence-corrected chi connectivity index (χ3v) is 6.11. The molecule has 0 spiro atoms. The van der Waals surface area contributed by atoms with Crippen LogP contribution in [0.4, 0.5) is 0 Å². The zero-order valence-electron chi connectivity index (χ0n) is 18.3. The zero-order valence-corrected chi connectivity index (χ0v) is 18.3. The van der Waals surface area contributed by atoms with Gasteiger partial charge in [-0.3, -0.25) is 4.79 Å². The second-order valence-electron chi connectivity index (χ2n) is 8.25. The van der Waals surface area contributed by atoms with Gasteiger partial charge in [-0.2, -0.15) is 4.98 Å². The predicted octanol–water partition coefficient (Wildman–Crippen LogP) is 4.07. The van der Waals surface area contributed by atoms with Gasteiger partial charge in [0.25, 0.3) is 5.89 Å². The maximum absolute atomic E-state index is 13.0. The molecule has 0 unspecified atom stereocenters. The van der Waals surface area contributed by atoms with Gasteiger partial charge in [-0.05, 0) is 30.5 Å². The number of ether oxygens (including phenoxy) is 1. The predicted molar refractivity (Wildman–Crippen MR) is 121 cm³/mol. The molecule has 0 saturated carbocycles. The van der Waals surface area contributed by atoms with E-state index in [2.05, 4.69) is 33.0 Å². The summed E-state index contributed by atoms with van der Waals surface area (Å²) in [5, 5.41) is 5.33. The van der Waals surface area contributed by atoms with Crippen molar-refractivity contribution in [3.63, 3.8) is 0 Å². The summed E-state index contributed by atoms with van der Waals surface area (Å²) in [7, 11) is 2.04. The Morgan fingerprint density at radius 1 is 1.16 bits per heavy atom. The fourth-order valence-corrected chi connectivity index (χ4v) is 4.35. The van der Waals surface area contributed by atoms with Crippen molar-refractivity contribution in [2.24, 2.45) is 7.05 Å². The minimum atomic E-state index is -0.407. The zero-order chi connectivity index (χ0) is 22.1. The Balaban J connectivity index is 1.25. The van der Waals surface area contributed by atoms with Gasteiger partial charge in [-0.1, -0.05) is 47.6 Å². The summed E-state index contributed by atoms with van der Waals surface area (Å²) in [6.45, 7) is 3.46. The molecule has 7 heteroatoms. The van der Waals surface area contributed by atoms with Gasteiger partial charge in [0.2, 0.25) is 11.7 Å². The summed E-state index contributed by atoms with van der Waals surface area (Å²) in [6, 6.07) is 16.2. The number of benzene rings is 2. The van der Waals surface area contributed by atoms with E-state index in [1.54, 1.807) is 0 Å². The molecule has 1 amide bonds. The van der Waals surface area contributed by atoms with Gasteiger partial charge >= 0.3 is 0 Å². The Labute approximate surface area is 186 Å². The van der Waals surface area contributed by atoms with E-state index >= 15 is 0 Å². The molecular weight excluding hydrogens is 404 g/mol. The fraction of sp³-hybridized carbons (Fsp3) is 0.320. The monoisotopic (exact) mass is 430 g/mol. The van der Waals surface area contributed by atoms with Crippen molar-refractivity contribution in [3.8, 4) is 11.4 Å². The number of hydrogen-bond donors (Lipinski definition) is 0. The normalized spacial score (nSPS) is 16.6. The molecule has 0 N–H and O–H groups in total. The van der Waals surface area contributed by atoms with Crippen molar-refractivity contribution in [3.05, 3.63) is 71.7 Å². The Morgan fingerprint density at radius 2 is 1.97 bits per heavy atom. The second-order valence-corrected chi connectivity index (χ2v) is 8.25. The van der Waals surface area contributed by atoms with Crippen LogP contribution in [0.1, 0.15) is 29.5 Å². The van der Waals surface area contributed by atoms with Crippen molar-refractivity contribution >= 4 is 16.8 Å². The minimum Gasteiger partial charge on any atom is -0.365 e. The molecule has 1 saturated heterocycles. The number of carbonyl (C=O) groups excluding carboxylic acids is 1. The van der Waals surface area contributed by atoms with Crippen molar-refractivity contribution in [2.45, 2.75) is 25.9 Å². The molecule has 0 radical (unpaired) electrons. The molecule has 0 bridgehead atoms. The van der Waals surface area contributed by atoms with Crippen LogP contribution in [0.3, 0.4) is 0 Å². The van der Waals surface area contributed by atoms with E-state index in [-0.39, 0.29) is 5.91 Å². The van der Waals surface area contributed by atoms with E-state index in [0.717, 1.165) is 11.1 Å². The number of nitrogens with zero attached hydrogens (tertiary/aromatic N) is 4. The summed E-state index contributed by atoms with van der Waals surface area (Å²) in [4.78, 5) is 19.3. The van der Waals surface area contributed by atoms with Crippen molar-refractivity contribution in [1.82, 2.24) is 19.6 Å². The largest absolute Gasteiger partial charge is 0.365 e. The summed E-state index contributed by atoms with van der Waals surface area (Å²) in [5.74, 6) is 1.07. The molecule has 5 rings (SSSR count). The summed E-state index contributed by atoms with van der Waals surface area (Å²) >= 11 is 0. The topological polar surface area (TPSA) is 73.4 Å². The highest BCUT2D eigenvalue weighted by Gasteiger charge is 2.29. The Kier molecular flexibility index (Phi) is 5.49. The number of carbonyl (C=O) groups is 1. The lowest BCUT2D eigenvalue weighted by Gasteiger charge is -2.31. The number of morpholine rings is 1. The SMILES string of the molecule is Cc1ccccc1-c1noc([C@H]2CN(C(=O)CCc3cn(C)c4ccccc34)CCO2)n1. The smallest absolute Gasteiger partial charge is 0.257 e. The quantitative estimate of drug-likeness (QED) is 0.477. The van der Waals surface area contributed by atoms with E-state index < -0.39 is 6.10 Å². The summed E-state index contributed by atoms with van der Waals surface area (Å²) < 4.78 is 13.5. The van der Waals surface area contributed by atoms with E-state index in [1.165, 1.54) is 16.5 Å². The molecule has 2 aromatic carbocycles. The van der Waals surface area contributed by atoms with E-state index in [9.17, 15) is 4.79 Å². The van der Waals surface area contributed by atoms with Crippen LogP contribution < -0.4 is 0 Å². The van der Waals surface area contributed by atoms with Crippen molar-refractivity contribution < 1.29 is 14.1 Å². The molecule has 1 atom stereocenters. The Hall–Kier alpha value is -3.45. The highest BCUT2D eigenvalue weighted by atomic mass is 16.5. The van der Waals surface area contributed by atoms with Crippen LogP contribution in [0.5, 0.6) is 0 Å². The number of aromatic nitrogens is 3. The van der Waals surface area contributed by atoms with Crippen molar-refractivity contribution in [1.29, 1.82) is 0 Å². The van der Waals surface area contributed by atoms with Crippen LogP contribution in [-0.2, 0) is 23.0 Å². The third-order valence-electron chi connectivity index (χ3n) is 6.11. The highest BCUT2D eigenvalue weighted by molar-refractivity contribution is 5.85. The van der Waals surface area contributed by atoms with Gasteiger partial charge < -0.3 is 18.7 Å². The molecule has 7 nitrogen and oxygen atoms in total. The Bertz CT molecular complexity index is 1260. The van der Waals surface area contributed by atoms with Gasteiger partial charge in [0.1, 0.15) is 0 Å². The number of hydrogen-bond acceptors (Lipinski definition) is 5. The van der Waals surface area contributed by atoms with Gasteiger partial charge in [0.05, 0.1) is 13.2 Å². The molecule has 1 aliphatic rings. The van der Waals surface area contributed by atoms with Crippen LogP contribution in [0.25, 0.3) is 22.3 Å². The average Bonchev–Trinajstić information content (AvgIpc) is 3.43. The second kappa shape index (κ2) is 8.59. The molecule has 0 aliphatic carbocycles. The molecule has 2 aromatic heterocycles. The number of rotatable bonds is 5. The van der Waals surface area contributed by atoms with Gasteiger partial charge in [0.15, 0.2) is 6.10 Å². The lowest BCUT2D eigenvalue weighted by atomic mass is 10.1. The van der Waals surface area contributed by atoms with Crippen molar-refractivity contribution in [2.75, 3.05) is 19.7 Å². The van der Waals surface area contributed by atoms with E-state index in [0.29, 0.717) is 44.3 Å². The van der Waals surface area contributed by atoms with E-state index in [1.807, 2.05) is 55.3 Å². The number of aryl methyl sites for hydroxylation is 3. The number of amides is 1. The Morgan fingerprint density at radius 3 is 2.84 bits per heavy atom. The van der Waals surface area contributed by atoms with Crippen LogP contribution in [-0.4, -0.2) is 45.2 Å². The first kappa shape index (κ1) is 20.5. The fourth-order valence-electron chi connectivity index (χ4n) is 4.35. The first-order valence-electron chi connectivity index (χ1n) is 10.9. The molecule has 1 fully saturated rings. The molecule has 3 heterocycles. The lowest BCUT2D eigenvalue weighted by molar-refractivity contribution is -0.140. The molecule has 32 heavy (non-hydrogen) atoms. The maximum atomic E-state index is 13.0. The molecule has 4 aromatic rings. The lowest BCUT2D eigenvalue weighted by Crippen LogP contribution is -2.42. The van der Waals surface area contributed by atoms with Crippen LogP contribution >= 0.6 is 0 Å². The van der Waals surface area contributed by atoms with Gasteiger partial charge in [-0.15, -0.1) is 0 Å². The number of para-hydroxylation sites is 1. The summed E-state index contributed by atoms with van der Waals surface area (Å²) in [5.41, 5.74) is 4.39. The first-order valence-corrected chi connectivity index (χ1v) is 10.9. The van der Waals surface area contributed by atoms with E-state index in [4.69, 9.17) is 9.26 Å². The van der Waals surface area contributed by atoms with Gasteiger partial charge in [-0.25, -0.2) is 0 Å². The van der Waals surface area contributed by atoms with Crippen LogP contribution in [0, 0.1) is 6.92 Å². The standard InChI is InChI=1S/C25H26N4O3/c1-17-7-3-4-8-19(17)24-26-25(32-27-24)22-16-29(13-14-31-22)23(30)12-11-18-15-28(2)21-10-6-5-9-20(18)21/h3-10,15,22H,11-14,16H2,1-2H3/t22-/m1/s1. The third kappa shape index (κ3) is 3.91. The first-order chi connectivity index (χ1) is 15.6. The molecular formula is C25H26N4O3. The van der Waals surface area contributed by atoms with Gasteiger partial charge in [0, 0.05) is 42.7 Å². The average molecular weight is 431 g/mol. The molecule has 164 valence electrons. The summed E-state index contributed by atoms with van der Waals surface area (Å²) in [6.07, 6.45) is 2.88. The maximum Gasteiger partial charge on any atom is 0.257 e. The highest BCUT2D eigenvalue weighted by Crippen LogP contribution is 2.26. The number of fused-ring (bicyclic) bond motifs is 1. The van der Waals surface area contributed by atoms with Crippen LogP contribution in [0.2, 0.25) is 0 Å². The minimum absolute atomic E-state index is 0.116. The van der Waals surface area contributed by atoms with Crippen LogP contribution in [0.15, 0.2) is 59.3 Å².